The number of nitro groups is 1. The summed E-state index contributed by atoms with van der Waals surface area (Å²) in [5.41, 5.74) is 0.829. The van der Waals surface area contributed by atoms with Gasteiger partial charge in [0.25, 0.3) is 5.69 Å². The standard InChI is InChI=1S/C16H18N2O3S/c19-11-12-7-8-17(9-12)10-13-5-6-16(22-13)14-3-1-2-4-15(14)18(20)21/h1-6,12,19H,7-11H2. The van der Waals surface area contributed by atoms with Crippen molar-refractivity contribution in [2.75, 3.05) is 19.7 Å². The maximum atomic E-state index is 11.1. The molecule has 22 heavy (non-hydrogen) atoms. The van der Waals surface area contributed by atoms with Crippen molar-refractivity contribution >= 4 is 17.0 Å². The van der Waals surface area contributed by atoms with Crippen molar-refractivity contribution in [3.63, 3.8) is 0 Å². The van der Waals surface area contributed by atoms with Crippen molar-refractivity contribution in [2.24, 2.45) is 5.92 Å². The predicted molar refractivity (Wildman–Crippen MR) is 86.9 cm³/mol. The molecule has 1 saturated heterocycles. The van der Waals surface area contributed by atoms with Crippen molar-refractivity contribution in [3.05, 3.63) is 51.4 Å². The van der Waals surface area contributed by atoms with Crippen molar-refractivity contribution in [1.82, 2.24) is 4.90 Å². The first-order chi connectivity index (χ1) is 10.7. The molecule has 1 unspecified atom stereocenters. The fourth-order valence-corrected chi connectivity index (χ4v) is 3.96. The Bertz CT molecular complexity index is 671. The van der Waals surface area contributed by atoms with Crippen molar-refractivity contribution in [2.45, 2.75) is 13.0 Å². The van der Waals surface area contributed by atoms with Gasteiger partial charge in [-0.1, -0.05) is 12.1 Å². The van der Waals surface area contributed by atoms with E-state index in [1.807, 2.05) is 18.2 Å². The molecule has 0 aliphatic carbocycles. The lowest BCUT2D eigenvalue weighted by molar-refractivity contribution is -0.384. The third kappa shape index (κ3) is 3.19. The highest BCUT2D eigenvalue weighted by atomic mass is 32.1. The van der Waals surface area contributed by atoms with Crippen LogP contribution in [0.25, 0.3) is 10.4 Å². The summed E-state index contributed by atoms with van der Waals surface area (Å²) in [5.74, 6) is 0.384. The van der Waals surface area contributed by atoms with Gasteiger partial charge in [-0.05, 0) is 37.1 Å². The minimum absolute atomic E-state index is 0.150. The lowest BCUT2D eigenvalue weighted by Crippen LogP contribution is -2.20. The topological polar surface area (TPSA) is 66.6 Å². The highest BCUT2D eigenvalue weighted by Gasteiger charge is 2.22. The zero-order valence-corrected chi connectivity index (χ0v) is 13.0. The summed E-state index contributed by atoms with van der Waals surface area (Å²) in [5, 5.41) is 20.3. The van der Waals surface area contributed by atoms with Gasteiger partial charge in [-0.2, -0.15) is 0 Å². The summed E-state index contributed by atoms with van der Waals surface area (Å²) in [6.45, 7) is 3.03. The lowest BCUT2D eigenvalue weighted by Gasteiger charge is -2.13. The number of nitro benzene ring substituents is 1. The molecule has 116 valence electrons. The molecule has 0 spiro atoms. The second kappa shape index (κ2) is 6.56. The first kappa shape index (κ1) is 15.1. The van der Waals surface area contributed by atoms with Crippen LogP contribution in [0.3, 0.4) is 0 Å². The van der Waals surface area contributed by atoms with E-state index in [4.69, 9.17) is 0 Å². The number of aliphatic hydroxyl groups is 1. The van der Waals surface area contributed by atoms with Crippen molar-refractivity contribution in [1.29, 1.82) is 0 Å². The molecule has 2 heterocycles. The van der Waals surface area contributed by atoms with Gasteiger partial charge in [-0.25, -0.2) is 0 Å². The zero-order valence-electron chi connectivity index (χ0n) is 12.1. The SMILES string of the molecule is O=[N+]([O-])c1ccccc1-c1ccc(CN2CCC(CO)C2)s1. The van der Waals surface area contributed by atoms with Crippen molar-refractivity contribution in [3.8, 4) is 10.4 Å². The van der Waals surface area contributed by atoms with Gasteiger partial charge in [0.15, 0.2) is 0 Å². The number of thiophene rings is 1. The smallest absolute Gasteiger partial charge is 0.278 e. The summed E-state index contributed by atoms with van der Waals surface area (Å²) < 4.78 is 0. The van der Waals surface area contributed by atoms with E-state index in [0.29, 0.717) is 11.5 Å². The van der Waals surface area contributed by atoms with Crippen LogP contribution in [-0.4, -0.2) is 34.6 Å². The molecule has 5 nitrogen and oxygen atoms in total. The quantitative estimate of drug-likeness (QED) is 0.679. The van der Waals surface area contributed by atoms with Gasteiger partial charge in [0.05, 0.1) is 10.5 Å². The van der Waals surface area contributed by atoms with E-state index in [0.717, 1.165) is 30.9 Å². The maximum absolute atomic E-state index is 11.1. The van der Waals surface area contributed by atoms with Gasteiger partial charge >= 0.3 is 0 Å². The largest absolute Gasteiger partial charge is 0.396 e. The second-order valence-electron chi connectivity index (χ2n) is 5.61. The summed E-state index contributed by atoms with van der Waals surface area (Å²) >= 11 is 1.60. The van der Waals surface area contributed by atoms with Gasteiger partial charge in [0.1, 0.15) is 0 Å². The summed E-state index contributed by atoms with van der Waals surface area (Å²) in [7, 11) is 0. The highest BCUT2D eigenvalue weighted by molar-refractivity contribution is 7.15. The molecule has 1 fully saturated rings. The Morgan fingerprint density at radius 1 is 1.32 bits per heavy atom. The van der Waals surface area contributed by atoms with E-state index in [-0.39, 0.29) is 17.2 Å². The molecule has 6 heteroatoms. The molecule has 1 atom stereocenters. The van der Waals surface area contributed by atoms with E-state index < -0.39 is 0 Å². The van der Waals surface area contributed by atoms with Crippen LogP contribution in [0, 0.1) is 16.0 Å². The van der Waals surface area contributed by atoms with Gasteiger partial charge in [-0.3, -0.25) is 15.0 Å². The van der Waals surface area contributed by atoms with Crippen LogP contribution < -0.4 is 0 Å². The monoisotopic (exact) mass is 318 g/mol. The van der Waals surface area contributed by atoms with Gasteiger partial charge in [0.2, 0.25) is 0 Å². The second-order valence-corrected chi connectivity index (χ2v) is 6.78. The minimum atomic E-state index is -0.332. The van der Waals surface area contributed by atoms with E-state index in [2.05, 4.69) is 4.90 Å². The van der Waals surface area contributed by atoms with Crippen LogP contribution in [0.1, 0.15) is 11.3 Å². The maximum Gasteiger partial charge on any atom is 0.278 e. The number of nitrogens with zero attached hydrogens (tertiary/aromatic N) is 2. The summed E-state index contributed by atoms with van der Waals surface area (Å²) in [6.07, 6.45) is 1.04. The van der Waals surface area contributed by atoms with Crippen LogP contribution >= 0.6 is 11.3 Å². The van der Waals surface area contributed by atoms with Crippen LogP contribution in [0.5, 0.6) is 0 Å². The van der Waals surface area contributed by atoms with E-state index in [1.54, 1.807) is 29.5 Å². The molecule has 1 N–H and O–H groups in total. The minimum Gasteiger partial charge on any atom is -0.396 e. The van der Waals surface area contributed by atoms with E-state index in [9.17, 15) is 15.2 Å². The molecule has 3 rings (SSSR count). The number of benzene rings is 1. The molecule has 2 aromatic rings. The first-order valence-corrected chi connectivity index (χ1v) is 8.14. The Morgan fingerprint density at radius 2 is 2.14 bits per heavy atom. The van der Waals surface area contributed by atoms with E-state index in [1.165, 1.54) is 4.88 Å². The number of rotatable bonds is 5. The van der Waals surface area contributed by atoms with Gasteiger partial charge in [-0.15, -0.1) is 11.3 Å². The average Bonchev–Trinajstić information content (AvgIpc) is 3.17. The Hall–Kier alpha value is -1.76. The molecule has 0 bridgehead atoms. The van der Waals surface area contributed by atoms with Gasteiger partial charge in [0, 0.05) is 35.5 Å². The predicted octanol–water partition coefficient (Wildman–Crippen LogP) is 3.14. The molecule has 0 radical (unpaired) electrons. The number of hydrogen-bond donors (Lipinski definition) is 1. The Labute approximate surface area is 133 Å². The normalized spacial score (nSPS) is 18.7. The summed E-state index contributed by atoms with van der Waals surface area (Å²) in [6, 6.07) is 10.9. The molecule has 1 aromatic heterocycles. The Kier molecular flexibility index (Phi) is 4.52. The third-order valence-electron chi connectivity index (χ3n) is 4.04. The third-order valence-corrected chi connectivity index (χ3v) is 5.14. The molecular formula is C16H18N2O3S. The number of hydrogen-bond acceptors (Lipinski definition) is 5. The van der Waals surface area contributed by atoms with E-state index >= 15 is 0 Å². The fraction of sp³-hybridized carbons (Fsp3) is 0.375. The lowest BCUT2D eigenvalue weighted by atomic mass is 10.1. The number of likely N-dealkylation sites (tertiary alicyclic amines) is 1. The van der Waals surface area contributed by atoms with Crippen LogP contribution in [0.2, 0.25) is 0 Å². The highest BCUT2D eigenvalue weighted by Crippen LogP contribution is 2.35. The molecule has 0 saturated carbocycles. The summed E-state index contributed by atoms with van der Waals surface area (Å²) in [4.78, 5) is 15.3. The van der Waals surface area contributed by atoms with Crippen LogP contribution in [0.15, 0.2) is 36.4 Å². The molecule has 1 aliphatic heterocycles. The number of para-hydroxylation sites is 1. The number of aliphatic hydroxyl groups excluding tert-OH is 1. The molecular weight excluding hydrogens is 300 g/mol. The zero-order chi connectivity index (χ0) is 15.5. The fourth-order valence-electron chi connectivity index (χ4n) is 2.87. The Balaban J connectivity index is 1.76. The van der Waals surface area contributed by atoms with Gasteiger partial charge < -0.3 is 5.11 Å². The average molecular weight is 318 g/mol. The molecule has 1 aromatic carbocycles. The van der Waals surface area contributed by atoms with Crippen LogP contribution in [0.4, 0.5) is 5.69 Å². The molecule has 0 amide bonds. The van der Waals surface area contributed by atoms with Crippen LogP contribution in [-0.2, 0) is 6.54 Å². The first-order valence-electron chi connectivity index (χ1n) is 7.33. The Morgan fingerprint density at radius 3 is 2.86 bits per heavy atom. The van der Waals surface area contributed by atoms with Crippen molar-refractivity contribution < 1.29 is 10.0 Å². The molecule has 1 aliphatic rings.